The van der Waals surface area contributed by atoms with Gasteiger partial charge in [0, 0.05) is 16.2 Å². The second-order valence-electron chi connectivity index (χ2n) is 5.34. The summed E-state index contributed by atoms with van der Waals surface area (Å²) in [7, 11) is -0.896. The van der Waals surface area contributed by atoms with Crippen molar-refractivity contribution in [3.63, 3.8) is 0 Å². The third-order valence-corrected chi connectivity index (χ3v) is 5.77. The topological polar surface area (TPSA) is 43.1 Å². The summed E-state index contributed by atoms with van der Waals surface area (Å²) >= 11 is 0. The Morgan fingerprint density at radius 3 is 2.37 bits per heavy atom. The Bertz CT molecular complexity index is 602. The Labute approximate surface area is 116 Å². The Balaban J connectivity index is 1.85. The molecule has 0 aromatic heterocycles. The molecule has 0 saturated heterocycles. The molecule has 1 unspecified atom stereocenters. The maximum absolute atomic E-state index is 12.6. The van der Waals surface area contributed by atoms with Crippen LogP contribution in [0.1, 0.15) is 25.7 Å². The van der Waals surface area contributed by atoms with Gasteiger partial charge in [-0.3, -0.25) is 4.21 Å². The van der Waals surface area contributed by atoms with Gasteiger partial charge in [-0.1, -0.05) is 30.3 Å². The predicted molar refractivity (Wildman–Crippen MR) is 80.6 cm³/mol. The maximum Gasteiger partial charge on any atom is 0.0561 e. The van der Waals surface area contributed by atoms with Crippen molar-refractivity contribution in [3.05, 3.63) is 42.5 Å². The Kier molecular flexibility index (Phi) is 3.67. The van der Waals surface area contributed by atoms with Crippen LogP contribution in [-0.2, 0) is 10.8 Å². The first-order chi connectivity index (χ1) is 9.24. The summed E-state index contributed by atoms with van der Waals surface area (Å²) in [5, 5.41) is 2.65. The van der Waals surface area contributed by atoms with Crippen molar-refractivity contribution in [2.24, 2.45) is 5.73 Å². The fraction of sp³-hybridized carbons (Fsp3) is 0.375. The van der Waals surface area contributed by atoms with Crippen molar-refractivity contribution in [2.75, 3.05) is 0 Å². The molecule has 19 heavy (non-hydrogen) atoms. The van der Waals surface area contributed by atoms with Gasteiger partial charge in [-0.2, -0.15) is 0 Å². The van der Waals surface area contributed by atoms with E-state index in [2.05, 4.69) is 24.3 Å². The molecule has 0 radical (unpaired) electrons. The molecule has 2 nitrogen and oxygen atoms in total. The smallest absolute Gasteiger partial charge is 0.0561 e. The van der Waals surface area contributed by atoms with E-state index in [1.165, 1.54) is 10.8 Å². The maximum atomic E-state index is 12.6. The van der Waals surface area contributed by atoms with E-state index in [9.17, 15) is 4.21 Å². The lowest BCUT2D eigenvalue weighted by Crippen LogP contribution is -2.31. The third kappa shape index (κ3) is 2.72. The van der Waals surface area contributed by atoms with Gasteiger partial charge in [-0.15, -0.1) is 0 Å². The van der Waals surface area contributed by atoms with Crippen LogP contribution in [0.4, 0.5) is 0 Å². The molecule has 0 amide bonds. The average Bonchev–Trinajstić information content (AvgIpc) is 2.47. The molecule has 0 heterocycles. The Morgan fingerprint density at radius 1 is 0.947 bits per heavy atom. The molecule has 2 aromatic rings. The average molecular weight is 273 g/mol. The lowest BCUT2D eigenvalue weighted by molar-refractivity contribution is 0.444. The molecule has 2 aromatic carbocycles. The first kappa shape index (κ1) is 12.8. The highest BCUT2D eigenvalue weighted by Crippen LogP contribution is 2.27. The number of hydrogen-bond donors (Lipinski definition) is 1. The van der Waals surface area contributed by atoms with Gasteiger partial charge in [0.2, 0.25) is 0 Å². The Morgan fingerprint density at radius 2 is 1.63 bits per heavy atom. The van der Waals surface area contributed by atoms with Gasteiger partial charge in [0.15, 0.2) is 0 Å². The van der Waals surface area contributed by atoms with Crippen molar-refractivity contribution in [1.29, 1.82) is 0 Å². The predicted octanol–water partition coefficient (Wildman–Crippen LogP) is 3.22. The van der Waals surface area contributed by atoms with Crippen LogP contribution in [0.25, 0.3) is 10.8 Å². The zero-order valence-electron chi connectivity index (χ0n) is 10.9. The molecule has 1 saturated carbocycles. The largest absolute Gasteiger partial charge is 0.328 e. The van der Waals surface area contributed by atoms with E-state index in [1.807, 2.05) is 18.2 Å². The van der Waals surface area contributed by atoms with Crippen LogP contribution in [-0.4, -0.2) is 15.5 Å². The van der Waals surface area contributed by atoms with E-state index < -0.39 is 10.8 Å². The van der Waals surface area contributed by atoms with E-state index in [0.29, 0.717) is 6.04 Å². The highest BCUT2D eigenvalue weighted by Gasteiger charge is 2.24. The molecule has 0 aliphatic heterocycles. The van der Waals surface area contributed by atoms with E-state index in [-0.39, 0.29) is 5.25 Å². The zero-order chi connectivity index (χ0) is 13.2. The van der Waals surface area contributed by atoms with Crippen LogP contribution in [0.3, 0.4) is 0 Å². The van der Waals surface area contributed by atoms with Gasteiger partial charge in [-0.05, 0) is 48.6 Å². The minimum atomic E-state index is -0.896. The number of fused-ring (bicyclic) bond motifs is 1. The molecule has 3 heteroatoms. The van der Waals surface area contributed by atoms with E-state index in [0.717, 1.165) is 30.6 Å². The summed E-state index contributed by atoms with van der Waals surface area (Å²) in [6.07, 6.45) is 3.98. The van der Waals surface area contributed by atoms with Gasteiger partial charge in [0.1, 0.15) is 0 Å². The highest BCUT2D eigenvalue weighted by molar-refractivity contribution is 7.85. The van der Waals surface area contributed by atoms with E-state index in [4.69, 9.17) is 5.73 Å². The molecule has 100 valence electrons. The Hall–Kier alpha value is -1.19. The summed E-state index contributed by atoms with van der Waals surface area (Å²) < 4.78 is 12.6. The molecule has 1 fully saturated rings. The number of nitrogens with two attached hydrogens (primary N) is 1. The molecule has 2 N–H and O–H groups in total. The van der Waals surface area contributed by atoms with Crippen molar-refractivity contribution < 1.29 is 4.21 Å². The van der Waals surface area contributed by atoms with Crippen LogP contribution in [0.15, 0.2) is 47.4 Å². The first-order valence-electron chi connectivity index (χ1n) is 6.89. The van der Waals surface area contributed by atoms with Crippen molar-refractivity contribution in [3.8, 4) is 0 Å². The van der Waals surface area contributed by atoms with Crippen LogP contribution in [0, 0.1) is 0 Å². The minimum Gasteiger partial charge on any atom is -0.328 e. The molecule has 3 rings (SSSR count). The van der Waals surface area contributed by atoms with Crippen LogP contribution >= 0.6 is 0 Å². The summed E-state index contributed by atoms with van der Waals surface area (Å²) in [6, 6.07) is 14.7. The standard InChI is InChI=1S/C16H19NOS/c17-14-6-9-15(10-7-14)19(18)16-8-5-12-3-1-2-4-13(12)11-16/h1-5,8,11,14-15H,6-7,9-10,17H2. The van der Waals surface area contributed by atoms with Gasteiger partial charge in [-0.25, -0.2) is 0 Å². The van der Waals surface area contributed by atoms with Gasteiger partial charge < -0.3 is 5.73 Å². The van der Waals surface area contributed by atoms with Gasteiger partial charge >= 0.3 is 0 Å². The molecule has 1 aliphatic rings. The summed E-state index contributed by atoms with van der Waals surface area (Å²) in [5.74, 6) is 0. The molecule has 0 spiro atoms. The SMILES string of the molecule is NC1CCC(S(=O)c2ccc3ccccc3c2)CC1. The third-order valence-electron chi connectivity index (χ3n) is 3.97. The summed E-state index contributed by atoms with van der Waals surface area (Å²) in [6.45, 7) is 0. The molecular weight excluding hydrogens is 254 g/mol. The van der Waals surface area contributed by atoms with Gasteiger partial charge in [0.25, 0.3) is 0 Å². The van der Waals surface area contributed by atoms with Crippen LogP contribution in [0.2, 0.25) is 0 Å². The fourth-order valence-electron chi connectivity index (χ4n) is 2.79. The summed E-state index contributed by atoms with van der Waals surface area (Å²) in [4.78, 5) is 0.958. The monoisotopic (exact) mass is 273 g/mol. The normalized spacial score (nSPS) is 25.3. The first-order valence-corrected chi connectivity index (χ1v) is 8.10. The lowest BCUT2D eigenvalue weighted by atomic mass is 9.96. The van der Waals surface area contributed by atoms with Crippen molar-refractivity contribution in [1.82, 2.24) is 0 Å². The van der Waals surface area contributed by atoms with Gasteiger partial charge in [0.05, 0.1) is 10.8 Å². The number of hydrogen-bond acceptors (Lipinski definition) is 2. The van der Waals surface area contributed by atoms with E-state index in [1.54, 1.807) is 0 Å². The molecule has 1 aliphatic carbocycles. The second-order valence-corrected chi connectivity index (χ2v) is 7.08. The highest BCUT2D eigenvalue weighted by atomic mass is 32.2. The quantitative estimate of drug-likeness (QED) is 0.913. The lowest BCUT2D eigenvalue weighted by Gasteiger charge is -2.25. The van der Waals surface area contributed by atoms with E-state index >= 15 is 0 Å². The van der Waals surface area contributed by atoms with Crippen LogP contribution in [0.5, 0.6) is 0 Å². The molecule has 1 atom stereocenters. The fourth-order valence-corrected chi connectivity index (χ4v) is 4.32. The summed E-state index contributed by atoms with van der Waals surface area (Å²) in [5.41, 5.74) is 5.91. The molecular formula is C16H19NOS. The van der Waals surface area contributed by atoms with Crippen molar-refractivity contribution >= 4 is 21.6 Å². The molecule has 0 bridgehead atoms. The second kappa shape index (κ2) is 5.43. The number of rotatable bonds is 2. The zero-order valence-corrected chi connectivity index (χ0v) is 11.7. The minimum absolute atomic E-state index is 0.279. The van der Waals surface area contributed by atoms with Crippen molar-refractivity contribution in [2.45, 2.75) is 41.9 Å². The van der Waals surface area contributed by atoms with Crippen LogP contribution < -0.4 is 5.73 Å². The number of benzene rings is 2.